The number of amides is 1. The Morgan fingerprint density at radius 1 is 1.37 bits per heavy atom. The number of nitrogens with one attached hydrogen (secondary N) is 2. The van der Waals surface area contributed by atoms with Gasteiger partial charge in [-0.3, -0.25) is 14.2 Å². The number of rotatable bonds is 6. The molecular weight excluding hydrogens is 384 g/mol. The number of halogens is 1. The molecule has 0 radical (unpaired) electrons. The zero-order valence-electron chi connectivity index (χ0n) is 15.4. The van der Waals surface area contributed by atoms with Gasteiger partial charge in [-0.05, 0) is 38.5 Å². The van der Waals surface area contributed by atoms with E-state index in [2.05, 4.69) is 15.3 Å². The summed E-state index contributed by atoms with van der Waals surface area (Å²) < 4.78 is 1.62. The van der Waals surface area contributed by atoms with Gasteiger partial charge in [-0.2, -0.15) is 0 Å². The summed E-state index contributed by atoms with van der Waals surface area (Å²) in [5.74, 6) is 0.0215. The van der Waals surface area contributed by atoms with Crippen molar-refractivity contribution in [2.24, 2.45) is 0 Å². The molecule has 6 nitrogen and oxygen atoms in total. The molecule has 0 unspecified atom stereocenters. The third kappa shape index (κ3) is 4.36. The second-order valence-corrected chi connectivity index (χ2v) is 7.88. The molecule has 3 rings (SSSR count). The van der Waals surface area contributed by atoms with Gasteiger partial charge in [0.05, 0.1) is 11.3 Å². The van der Waals surface area contributed by atoms with Gasteiger partial charge in [0.25, 0.3) is 5.56 Å². The van der Waals surface area contributed by atoms with Gasteiger partial charge in [0.1, 0.15) is 5.52 Å². The SMILES string of the molecule is Cc1cc2nc(SCC(=O)NCc3ccccc3Cl)n(C(C)C)c(=O)c2[nH]1. The number of carbonyl (C=O) groups excluding carboxylic acids is 1. The highest BCUT2D eigenvalue weighted by atomic mass is 35.5. The molecule has 2 heterocycles. The monoisotopic (exact) mass is 404 g/mol. The minimum Gasteiger partial charge on any atom is -0.353 e. The quantitative estimate of drug-likeness (QED) is 0.485. The highest BCUT2D eigenvalue weighted by Crippen LogP contribution is 2.21. The Bertz CT molecular complexity index is 1040. The van der Waals surface area contributed by atoms with E-state index >= 15 is 0 Å². The molecule has 0 saturated heterocycles. The lowest BCUT2D eigenvalue weighted by Crippen LogP contribution is -2.27. The third-order valence-electron chi connectivity index (χ3n) is 4.07. The van der Waals surface area contributed by atoms with Gasteiger partial charge in [-0.15, -0.1) is 0 Å². The molecular formula is C19H21ClN4O2S. The Morgan fingerprint density at radius 3 is 2.81 bits per heavy atom. The summed E-state index contributed by atoms with van der Waals surface area (Å²) >= 11 is 7.36. The first kappa shape index (κ1) is 19.5. The summed E-state index contributed by atoms with van der Waals surface area (Å²) in [6, 6.07) is 9.16. The van der Waals surface area contributed by atoms with Crippen molar-refractivity contribution in [1.82, 2.24) is 19.9 Å². The number of fused-ring (bicyclic) bond motifs is 1. The van der Waals surface area contributed by atoms with E-state index in [1.54, 1.807) is 10.6 Å². The third-order valence-corrected chi connectivity index (χ3v) is 5.39. The molecule has 2 N–H and O–H groups in total. The summed E-state index contributed by atoms with van der Waals surface area (Å²) in [6.07, 6.45) is 0. The molecule has 0 atom stereocenters. The van der Waals surface area contributed by atoms with Crippen LogP contribution in [0.3, 0.4) is 0 Å². The molecule has 0 aliphatic rings. The fraction of sp³-hybridized carbons (Fsp3) is 0.316. The molecule has 0 fully saturated rings. The molecule has 1 aromatic carbocycles. The van der Waals surface area contributed by atoms with Gasteiger partial charge in [-0.25, -0.2) is 4.98 Å². The number of aromatic nitrogens is 3. The lowest BCUT2D eigenvalue weighted by molar-refractivity contribution is -0.118. The van der Waals surface area contributed by atoms with Gasteiger partial charge in [-0.1, -0.05) is 41.6 Å². The van der Waals surface area contributed by atoms with Crippen LogP contribution in [0.25, 0.3) is 11.0 Å². The van der Waals surface area contributed by atoms with Crippen molar-refractivity contribution in [2.75, 3.05) is 5.75 Å². The summed E-state index contributed by atoms with van der Waals surface area (Å²) in [5.41, 5.74) is 2.73. The number of benzene rings is 1. The zero-order chi connectivity index (χ0) is 19.6. The second-order valence-electron chi connectivity index (χ2n) is 6.53. The first-order valence-corrected chi connectivity index (χ1v) is 9.98. The van der Waals surface area contributed by atoms with E-state index in [1.165, 1.54) is 11.8 Å². The van der Waals surface area contributed by atoms with E-state index < -0.39 is 0 Å². The lowest BCUT2D eigenvalue weighted by atomic mass is 10.2. The first-order chi connectivity index (χ1) is 12.9. The van der Waals surface area contributed by atoms with Crippen molar-refractivity contribution in [3.63, 3.8) is 0 Å². The summed E-state index contributed by atoms with van der Waals surface area (Å²) in [6.45, 7) is 6.09. The van der Waals surface area contributed by atoms with Crippen LogP contribution in [0.2, 0.25) is 5.02 Å². The average molecular weight is 405 g/mol. The Hall–Kier alpha value is -2.25. The molecule has 0 spiro atoms. The van der Waals surface area contributed by atoms with E-state index in [9.17, 15) is 9.59 Å². The van der Waals surface area contributed by atoms with Crippen LogP contribution in [0.4, 0.5) is 0 Å². The predicted octanol–water partition coefficient (Wildman–Crippen LogP) is 3.68. The maximum Gasteiger partial charge on any atom is 0.278 e. The number of nitrogens with zero attached hydrogens (tertiary/aromatic N) is 2. The zero-order valence-corrected chi connectivity index (χ0v) is 16.9. The van der Waals surface area contributed by atoms with Gasteiger partial charge < -0.3 is 10.3 Å². The van der Waals surface area contributed by atoms with E-state index in [0.717, 1.165) is 11.3 Å². The Balaban J connectivity index is 1.74. The van der Waals surface area contributed by atoms with Crippen LogP contribution in [-0.4, -0.2) is 26.2 Å². The van der Waals surface area contributed by atoms with Crippen LogP contribution in [0, 0.1) is 6.92 Å². The van der Waals surface area contributed by atoms with Crippen molar-refractivity contribution < 1.29 is 4.79 Å². The number of hydrogen-bond acceptors (Lipinski definition) is 4. The predicted molar refractivity (Wildman–Crippen MR) is 109 cm³/mol. The van der Waals surface area contributed by atoms with Crippen LogP contribution < -0.4 is 10.9 Å². The minimum atomic E-state index is -0.144. The number of carbonyl (C=O) groups is 1. The van der Waals surface area contributed by atoms with Crippen LogP contribution >= 0.6 is 23.4 Å². The highest BCUT2D eigenvalue weighted by Gasteiger charge is 2.16. The van der Waals surface area contributed by atoms with Crippen LogP contribution in [0.5, 0.6) is 0 Å². The summed E-state index contributed by atoms with van der Waals surface area (Å²) in [4.78, 5) is 32.6. The number of aromatic amines is 1. The van der Waals surface area contributed by atoms with Crippen LogP contribution in [0.15, 0.2) is 40.3 Å². The van der Waals surface area contributed by atoms with E-state index in [0.29, 0.717) is 27.8 Å². The van der Waals surface area contributed by atoms with Gasteiger partial charge >= 0.3 is 0 Å². The number of H-pyrrole nitrogens is 1. The van der Waals surface area contributed by atoms with Gasteiger partial charge in [0.15, 0.2) is 5.16 Å². The molecule has 0 aliphatic heterocycles. The summed E-state index contributed by atoms with van der Waals surface area (Å²) in [7, 11) is 0. The summed E-state index contributed by atoms with van der Waals surface area (Å²) in [5, 5.41) is 4.01. The average Bonchev–Trinajstić information content (AvgIpc) is 2.99. The van der Waals surface area contributed by atoms with E-state index in [-0.39, 0.29) is 23.3 Å². The molecule has 8 heteroatoms. The smallest absolute Gasteiger partial charge is 0.278 e. The first-order valence-electron chi connectivity index (χ1n) is 8.61. The Morgan fingerprint density at radius 2 is 2.11 bits per heavy atom. The van der Waals surface area contributed by atoms with Crippen molar-refractivity contribution in [3.05, 3.63) is 57.0 Å². The van der Waals surface area contributed by atoms with Crippen LogP contribution in [0.1, 0.15) is 31.1 Å². The maximum atomic E-state index is 12.8. The van der Waals surface area contributed by atoms with Gasteiger partial charge in [0, 0.05) is 23.3 Å². The molecule has 1 amide bonds. The van der Waals surface area contributed by atoms with Crippen molar-refractivity contribution in [2.45, 2.75) is 38.5 Å². The maximum absolute atomic E-state index is 12.8. The van der Waals surface area contributed by atoms with Crippen LogP contribution in [-0.2, 0) is 11.3 Å². The highest BCUT2D eigenvalue weighted by molar-refractivity contribution is 7.99. The molecule has 0 aliphatic carbocycles. The van der Waals surface area contributed by atoms with Gasteiger partial charge in [0.2, 0.25) is 5.91 Å². The molecule has 27 heavy (non-hydrogen) atoms. The topological polar surface area (TPSA) is 79.8 Å². The van der Waals surface area contributed by atoms with Crippen molar-refractivity contribution in [1.29, 1.82) is 0 Å². The Labute approximate surface area is 166 Å². The van der Waals surface area contributed by atoms with Crippen molar-refractivity contribution >= 4 is 40.3 Å². The van der Waals surface area contributed by atoms with Crippen molar-refractivity contribution in [3.8, 4) is 0 Å². The molecule has 142 valence electrons. The lowest BCUT2D eigenvalue weighted by Gasteiger charge is -2.15. The molecule has 0 saturated carbocycles. The number of thioether (sulfide) groups is 1. The fourth-order valence-corrected chi connectivity index (χ4v) is 3.92. The largest absolute Gasteiger partial charge is 0.353 e. The van der Waals surface area contributed by atoms with E-state index in [4.69, 9.17) is 11.6 Å². The molecule has 0 bridgehead atoms. The normalized spacial score (nSPS) is 11.3. The number of hydrogen-bond donors (Lipinski definition) is 2. The molecule has 2 aromatic heterocycles. The Kier molecular flexibility index (Phi) is 5.92. The van der Waals surface area contributed by atoms with E-state index in [1.807, 2.05) is 45.0 Å². The number of aryl methyl sites for hydroxylation is 1. The minimum absolute atomic E-state index is 0.0632. The fourth-order valence-electron chi connectivity index (χ4n) is 2.76. The second kappa shape index (κ2) is 8.19. The standard InChI is InChI=1S/C19H21ClN4O2S/c1-11(2)24-18(26)17-15(8-12(3)22-17)23-19(24)27-10-16(25)21-9-13-6-4-5-7-14(13)20/h4-8,11,22H,9-10H2,1-3H3,(H,21,25). The molecule has 3 aromatic rings.